The maximum absolute atomic E-state index is 13.4. The van der Waals surface area contributed by atoms with Crippen LogP contribution in [0.2, 0.25) is 0 Å². The lowest BCUT2D eigenvalue weighted by atomic mass is 9.85. The van der Waals surface area contributed by atoms with Crippen molar-refractivity contribution in [2.45, 2.75) is 50.2 Å². The van der Waals surface area contributed by atoms with Gasteiger partial charge in [0, 0.05) is 11.8 Å². The molecule has 0 spiro atoms. The van der Waals surface area contributed by atoms with Crippen molar-refractivity contribution in [1.29, 1.82) is 0 Å². The molecule has 0 amide bonds. The van der Waals surface area contributed by atoms with Gasteiger partial charge in [-0.25, -0.2) is 18.4 Å². The molecule has 35 heavy (non-hydrogen) atoms. The summed E-state index contributed by atoms with van der Waals surface area (Å²) < 4.78 is 47.0. The number of rotatable bonds is 10. The molecule has 1 fully saturated rings. The summed E-state index contributed by atoms with van der Waals surface area (Å²) in [5, 5.41) is 7.59. The summed E-state index contributed by atoms with van der Waals surface area (Å²) in [6.45, 7) is 3.33. The molecule has 1 saturated carbocycles. The fraction of sp³-hybridized carbons (Fsp3) is 0.524. The molecule has 0 aromatic carbocycles. The van der Waals surface area contributed by atoms with Gasteiger partial charge in [-0.15, -0.1) is 10.2 Å². The molecule has 14 heteroatoms. The van der Waals surface area contributed by atoms with E-state index in [2.05, 4.69) is 34.9 Å². The molecule has 0 unspecified atom stereocenters. The second kappa shape index (κ2) is 9.98. The largest absolute Gasteiger partial charge is 0.494 e. The highest BCUT2D eigenvalue weighted by Crippen LogP contribution is 2.40. The average Bonchev–Trinajstić information content (AvgIpc) is 3.22. The van der Waals surface area contributed by atoms with Gasteiger partial charge in [0.2, 0.25) is 27.7 Å². The first-order valence-corrected chi connectivity index (χ1v) is 12.6. The Bertz CT molecular complexity index is 1260. The van der Waals surface area contributed by atoms with Crippen LogP contribution < -0.4 is 18.9 Å². The molecule has 0 aliphatic heterocycles. The van der Waals surface area contributed by atoms with Gasteiger partial charge in [0.25, 0.3) is 0 Å². The van der Waals surface area contributed by atoms with Crippen molar-refractivity contribution in [3.8, 4) is 23.2 Å². The van der Waals surface area contributed by atoms with Crippen LogP contribution in [0.25, 0.3) is 5.69 Å². The zero-order valence-corrected chi connectivity index (χ0v) is 21.0. The van der Waals surface area contributed by atoms with Gasteiger partial charge in [-0.3, -0.25) is 9.29 Å². The smallest absolute Gasteiger partial charge is 0.245 e. The van der Waals surface area contributed by atoms with Crippen LogP contribution in [0.3, 0.4) is 0 Å². The van der Waals surface area contributed by atoms with Crippen LogP contribution in [0.15, 0.2) is 18.7 Å². The van der Waals surface area contributed by atoms with Crippen molar-refractivity contribution in [1.82, 2.24) is 34.7 Å². The van der Waals surface area contributed by atoms with E-state index in [1.165, 1.54) is 40.1 Å². The van der Waals surface area contributed by atoms with Crippen LogP contribution in [0.5, 0.6) is 17.5 Å². The van der Waals surface area contributed by atoms with Gasteiger partial charge in [-0.05, 0) is 19.8 Å². The molecule has 3 aromatic heterocycles. The quantitative estimate of drug-likeness (QED) is 0.431. The van der Waals surface area contributed by atoms with E-state index in [-0.39, 0.29) is 23.6 Å². The molecule has 13 nitrogen and oxygen atoms in total. The Kier molecular flexibility index (Phi) is 7.00. The highest BCUT2D eigenvalue weighted by atomic mass is 32.2. The van der Waals surface area contributed by atoms with Crippen molar-refractivity contribution < 1.29 is 22.6 Å². The lowest BCUT2D eigenvalue weighted by Crippen LogP contribution is -2.31. The minimum Gasteiger partial charge on any atom is -0.494 e. The molecule has 1 N–H and O–H groups in total. The van der Waals surface area contributed by atoms with E-state index in [4.69, 9.17) is 14.2 Å². The molecule has 1 aliphatic rings. The van der Waals surface area contributed by atoms with Gasteiger partial charge < -0.3 is 14.2 Å². The Hall–Kier alpha value is -3.55. The lowest BCUT2D eigenvalue weighted by molar-refractivity contribution is 0.362. The number of ether oxygens (including phenoxy) is 3. The third-order valence-electron chi connectivity index (χ3n) is 6.24. The first-order valence-electron chi connectivity index (χ1n) is 11.1. The third-order valence-corrected chi connectivity index (χ3v) is 8.10. The minimum absolute atomic E-state index is 0.00648. The number of aromatic nitrogens is 7. The molecular weight excluding hydrogens is 476 g/mol. The van der Waals surface area contributed by atoms with Gasteiger partial charge in [-0.1, -0.05) is 13.3 Å². The summed E-state index contributed by atoms with van der Waals surface area (Å²) in [5.74, 6) is 1.42. The highest BCUT2D eigenvalue weighted by Gasteiger charge is 2.35. The van der Waals surface area contributed by atoms with E-state index in [1.807, 2.05) is 0 Å². The van der Waals surface area contributed by atoms with E-state index in [9.17, 15) is 8.42 Å². The number of nitrogens with zero attached hydrogens (tertiary/aromatic N) is 7. The van der Waals surface area contributed by atoms with E-state index >= 15 is 0 Å². The predicted molar refractivity (Wildman–Crippen MR) is 126 cm³/mol. The number of hydrogen-bond donors (Lipinski definition) is 1. The Morgan fingerprint density at radius 2 is 1.60 bits per heavy atom. The number of hydrogen-bond acceptors (Lipinski definition) is 11. The van der Waals surface area contributed by atoms with E-state index in [0.717, 1.165) is 19.3 Å². The van der Waals surface area contributed by atoms with Crippen molar-refractivity contribution in [3.05, 3.63) is 30.4 Å². The third kappa shape index (κ3) is 4.70. The standard InChI is InChI=1S/C21H28N8O5S/c1-12(17-22-9-15(32-3)10-23-17)13(2)35(30,31)28-21-27-26-18(14-7-6-8-14)29(21)16-19(33-4)24-11-25-20(16)34-5/h9-14H,6-8H2,1-5H3,(H,27,28)/t12-,13-/m0/s1. The normalized spacial score (nSPS) is 15.7. The number of sulfonamides is 1. The topological polar surface area (TPSA) is 156 Å². The van der Waals surface area contributed by atoms with Crippen molar-refractivity contribution in [2.75, 3.05) is 26.1 Å². The van der Waals surface area contributed by atoms with Crippen LogP contribution in [-0.2, 0) is 10.0 Å². The van der Waals surface area contributed by atoms with E-state index in [0.29, 0.717) is 23.1 Å². The summed E-state index contributed by atoms with van der Waals surface area (Å²) >= 11 is 0. The van der Waals surface area contributed by atoms with Gasteiger partial charge in [-0.2, -0.15) is 9.97 Å². The molecule has 3 heterocycles. The Labute approximate surface area is 203 Å². The SMILES string of the molecule is COc1cnc([C@@H](C)[C@H](C)S(=O)(=O)Nc2nnc(C3CCC3)n2-c2c(OC)ncnc2OC)nc1. The summed E-state index contributed by atoms with van der Waals surface area (Å²) in [5.41, 5.74) is 0.321. The number of methoxy groups -OCH3 is 3. The zero-order valence-electron chi connectivity index (χ0n) is 20.2. The van der Waals surface area contributed by atoms with Crippen LogP contribution in [0.4, 0.5) is 5.95 Å². The average molecular weight is 505 g/mol. The van der Waals surface area contributed by atoms with Crippen LogP contribution in [-0.4, -0.2) is 69.7 Å². The summed E-state index contributed by atoms with van der Waals surface area (Å²) in [6.07, 6.45) is 7.17. The van der Waals surface area contributed by atoms with Crippen LogP contribution >= 0.6 is 0 Å². The molecule has 3 aromatic rings. The summed E-state index contributed by atoms with van der Waals surface area (Å²) in [4.78, 5) is 16.8. The number of anilines is 1. The molecule has 4 rings (SSSR count). The van der Waals surface area contributed by atoms with Crippen molar-refractivity contribution >= 4 is 16.0 Å². The minimum atomic E-state index is -3.95. The van der Waals surface area contributed by atoms with Gasteiger partial charge in [0.05, 0.1) is 39.0 Å². The zero-order chi connectivity index (χ0) is 25.2. The maximum atomic E-state index is 13.4. The molecule has 2 atom stereocenters. The molecule has 0 radical (unpaired) electrons. The fourth-order valence-corrected chi connectivity index (χ4v) is 4.95. The molecule has 0 saturated heterocycles. The summed E-state index contributed by atoms with van der Waals surface area (Å²) in [6, 6.07) is 0. The Morgan fingerprint density at radius 3 is 2.11 bits per heavy atom. The van der Waals surface area contributed by atoms with Crippen molar-refractivity contribution in [3.63, 3.8) is 0 Å². The van der Waals surface area contributed by atoms with Gasteiger partial charge in [0.15, 0.2) is 11.4 Å². The monoisotopic (exact) mass is 504 g/mol. The van der Waals surface area contributed by atoms with Crippen LogP contribution in [0, 0.1) is 0 Å². The van der Waals surface area contributed by atoms with Gasteiger partial charge >= 0.3 is 0 Å². The van der Waals surface area contributed by atoms with Crippen molar-refractivity contribution in [2.24, 2.45) is 0 Å². The molecule has 0 bridgehead atoms. The fourth-order valence-electron chi connectivity index (χ4n) is 3.72. The molecular formula is C21H28N8O5S. The molecule has 1 aliphatic carbocycles. The van der Waals surface area contributed by atoms with Gasteiger partial charge in [0.1, 0.15) is 18.0 Å². The second-order valence-corrected chi connectivity index (χ2v) is 10.2. The maximum Gasteiger partial charge on any atom is 0.245 e. The van der Waals surface area contributed by atoms with Crippen LogP contribution in [0.1, 0.15) is 56.6 Å². The molecule has 188 valence electrons. The Balaban J connectivity index is 1.72. The highest BCUT2D eigenvalue weighted by molar-refractivity contribution is 7.93. The van der Waals surface area contributed by atoms with E-state index in [1.54, 1.807) is 18.4 Å². The van der Waals surface area contributed by atoms with E-state index < -0.39 is 21.2 Å². The first kappa shape index (κ1) is 24.6. The summed E-state index contributed by atoms with van der Waals surface area (Å²) in [7, 11) is 0.473. The second-order valence-electron chi connectivity index (χ2n) is 8.21. The lowest BCUT2D eigenvalue weighted by Gasteiger charge is -2.26. The Morgan fingerprint density at radius 1 is 0.971 bits per heavy atom. The predicted octanol–water partition coefficient (Wildman–Crippen LogP) is 2.07. The first-order chi connectivity index (χ1) is 16.8. The number of nitrogens with one attached hydrogen (secondary N) is 1.